The number of amides is 1. The van der Waals surface area contributed by atoms with Gasteiger partial charge in [-0.15, -0.1) is 11.8 Å². The molecule has 0 aromatic heterocycles. The van der Waals surface area contributed by atoms with Gasteiger partial charge >= 0.3 is 0 Å². The number of carbonyl (C=O) groups is 1. The SMILES string of the molecule is CC(C)Oc1ccc(CNC(=O)CSCc2cccc(Cl)c2)cc1. The maximum Gasteiger partial charge on any atom is 0.230 e. The number of carbonyl (C=O) groups excluding carboxylic acids is 1. The monoisotopic (exact) mass is 363 g/mol. The Morgan fingerprint density at radius 2 is 1.92 bits per heavy atom. The van der Waals surface area contributed by atoms with Crippen molar-refractivity contribution in [3.05, 3.63) is 64.7 Å². The van der Waals surface area contributed by atoms with Gasteiger partial charge in [-0.2, -0.15) is 0 Å². The van der Waals surface area contributed by atoms with Crippen molar-refractivity contribution in [1.29, 1.82) is 0 Å². The zero-order valence-corrected chi connectivity index (χ0v) is 15.5. The molecule has 0 spiro atoms. The predicted octanol–water partition coefficient (Wildman–Crippen LogP) is 4.68. The molecule has 0 saturated heterocycles. The van der Waals surface area contributed by atoms with Crippen LogP contribution in [0.15, 0.2) is 48.5 Å². The van der Waals surface area contributed by atoms with Gasteiger partial charge in [0.2, 0.25) is 5.91 Å². The van der Waals surface area contributed by atoms with Crippen molar-refractivity contribution in [2.24, 2.45) is 0 Å². The molecule has 3 nitrogen and oxygen atoms in total. The highest BCUT2D eigenvalue weighted by molar-refractivity contribution is 7.99. The average molecular weight is 364 g/mol. The number of halogens is 1. The van der Waals surface area contributed by atoms with Crippen LogP contribution in [0.25, 0.3) is 0 Å². The second-order valence-corrected chi connectivity index (χ2v) is 7.13. The Bertz CT molecular complexity index is 659. The molecule has 0 atom stereocenters. The van der Waals surface area contributed by atoms with E-state index in [1.807, 2.05) is 62.4 Å². The molecule has 2 aromatic rings. The van der Waals surface area contributed by atoms with E-state index >= 15 is 0 Å². The summed E-state index contributed by atoms with van der Waals surface area (Å²) in [4.78, 5) is 11.9. The van der Waals surface area contributed by atoms with Crippen LogP contribution in [0, 0.1) is 0 Å². The first-order valence-corrected chi connectivity index (χ1v) is 9.40. The van der Waals surface area contributed by atoms with Crippen LogP contribution >= 0.6 is 23.4 Å². The van der Waals surface area contributed by atoms with Gasteiger partial charge in [-0.1, -0.05) is 35.9 Å². The zero-order valence-electron chi connectivity index (χ0n) is 13.9. The summed E-state index contributed by atoms with van der Waals surface area (Å²) in [5.41, 5.74) is 2.18. The highest BCUT2D eigenvalue weighted by Crippen LogP contribution is 2.17. The molecule has 0 radical (unpaired) electrons. The van der Waals surface area contributed by atoms with Crippen LogP contribution < -0.4 is 10.1 Å². The van der Waals surface area contributed by atoms with Crippen molar-refractivity contribution in [2.45, 2.75) is 32.2 Å². The third kappa shape index (κ3) is 6.85. The molecular formula is C19H22ClNO2S. The molecule has 0 heterocycles. The zero-order chi connectivity index (χ0) is 17.4. The quantitative estimate of drug-likeness (QED) is 0.740. The van der Waals surface area contributed by atoms with Crippen molar-refractivity contribution < 1.29 is 9.53 Å². The smallest absolute Gasteiger partial charge is 0.230 e. The van der Waals surface area contributed by atoms with Crippen molar-refractivity contribution in [2.75, 3.05) is 5.75 Å². The molecule has 2 rings (SSSR count). The number of ether oxygens (including phenoxy) is 1. The standard InChI is InChI=1S/C19H22ClNO2S/c1-14(2)23-18-8-6-15(7-9-18)11-21-19(22)13-24-12-16-4-3-5-17(20)10-16/h3-10,14H,11-13H2,1-2H3,(H,21,22). The molecule has 0 aliphatic rings. The first-order chi connectivity index (χ1) is 11.5. The second kappa shape index (κ2) is 9.60. The summed E-state index contributed by atoms with van der Waals surface area (Å²) in [5, 5.41) is 3.65. The molecule has 0 saturated carbocycles. The Kier molecular flexibility index (Phi) is 7.47. The van der Waals surface area contributed by atoms with E-state index in [-0.39, 0.29) is 12.0 Å². The van der Waals surface area contributed by atoms with Crippen LogP contribution in [-0.2, 0) is 17.1 Å². The molecule has 1 amide bonds. The van der Waals surface area contributed by atoms with Gasteiger partial charge in [0.25, 0.3) is 0 Å². The molecule has 0 unspecified atom stereocenters. The minimum Gasteiger partial charge on any atom is -0.491 e. The molecule has 128 valence electrons. The summed E-state index contributed by atoms with van der Waals surface area (Å²) in [6, 6.07) is 15.5. The van der Waals surface area contributed by atoms with Gasteiger partial charge in [0, 0.05) is 17.3 Å². The van der Waals surface area contributed by atoms with E-state index in [2.05, 4.69) is 5.32 Å². The van der Waals surface area contributed by atoms with Gasteiger partial charge in [0.1, 0.15) is 5.75 Å². The average Bonchev–Trinajstić information content (AvgIpc) is 2.54. The summed E-state index contributed by atoms with van der Waals surface area (Å²) in [6.45, 7) is 4.52. The summed E-state index contributed by atoms with van der Waals surface area (Å²) in [5.74, 6) is 2.08. The molecule has 0 aliphatic heterocycles. The van der Waals surface area contributed by atoms with Crippen LogP contribution in [0.1, 0.15) is 25.0 Å². The van der Waals surface area contributed by atoms with Gasteiger partial charge in [0.15, 0.2) is 0 Å². The van der Waals surface area contributed by atoms with Crippen molar-refractivity contribution in [1.82, 2.24) is 5.32 Å². The third-order valence-electron chi connectivity index (χ3n) is 3.18. The molecular weight excluding hydrogens is 342 g/mol. The van der Waals surface area contributed by atoms with Crippen LogP contribution in [-0.4, -0.2) is 17.8 Å². The Morgan fingerprint density at radius 3 is 2.58 bits per heavy atom. The fourth-order valence-corrected chi connectivity index (χ4v) is 3.12. The van der Waals surface area contributed by atoms with Gasteiger partial charge in [-0.05, 0) is 49.2 Å². The molecule has 0 aliphatic carbocycles. The highest BCUT2D eigenvalue weighted by Gasteiger charge is 2.03. The molecule has 24 heavy (non-hydrogen) atoms. The fraction of sp³-hybridized carbons (Fsp3) is 0.316. The van der Waals surface area contributed by atoms with E-state index in [9.17, 15) is 4.79 Å². The van der Waals surface area contributed by atoms with Gasteiger partial charge in [0.05, 0.1) is 11.9 Å². The minimum absolute atomic E-state index is 0.0320. The van der Waals surface area contributed by atoms with Crippen molar-refractivity contribution in [3.63, 3.8) is 0 Å². The maximum absolute atomic E-state index is 11.9. The number of hydrogen-bond donors (Lipinski definition) is 1. The number of benzene rings is 2. The van der Waals surface area contributed by atoms with E-state index in [4.69, 9.17) is 16.3 Å². The summed E-state index contributed by atoms with van der Waals surface area (Å²) >= 11 is 7.52. The summed E-state index contributed by atoms with van der Waals surface area (Å²) in [7, 11) is 0. The van der Waals surface area contributed by atoms with E-state index in [0.717, 1.165) is 27.7 Å². The van der Waals surface area contributed by atoms with Gasteiger partial charge in [-0.25, -0.2) is 0 Å². The molecule has 5 heteroatoms. The number of rotatable bonds is 8. The van der Waals surface area contributed by atoms with E-state index in [0.29, 0.717) is 12.3 Å². The molecule has 0 fully saturated rings. The topological polar surface area (TPSA) is 38.3 Å². The Balaban J connectivity index is 1.69. The predicted molar refractivity (Wildman–Crippen MR) is 102 cm³/mol. The lowest BCUT2D eigenvalue weighted by atomic mass is 10.2. The van der Waals surface area contributed by atoms with E-state index < -0.39 is 0 Å². The first kappa shape index (κ1) is 18.7. The van der Waals surface area contributed by atoms with Crippen LogP contribution in [0.2, 0.25) is 5.02 Å². The van der Waals surface area contributed by atoms with Crippen LogP contribution in [0.5, 0.6) is 5.75 Å². The van der Waals surface area contributed by atoms with Gasteiger partial charge in [-0.3, -0.25) is 4.79 Å². The summed E-state index contributed by atoms with van der Waals surface area (Å²) in [6.07, 6.45) is 0.159. The van der Waals surface area contributed by atoms with Crippen molar-refractivity contribution in [3.8, 4) is 5.75 Å². The minimum atomic E-state index is 0.0320. The third-order valence-corrected chi connectivity index (χ3v) is 4.41. The Morgan fingerprint density at radius 1 is 1.17 bits per heavy atom. The van der Waals surface area contributed by atoms with E-state index in [1.165, 1.54) is 0 Å². The fourth-order valence-electron chi connectivity index (χ4n) is 2.10. The second-order valence-electron chi connectivity index (χ2n) is 5.71. The number of nitrogens with one attached hydrogen (secondary N) is 1. The molecule has 0 bridgehead atoms. The lowest BCUT2D eigenvalue weighted by Crippen LogP contribution is -2.24. The normalized spacial score (nSPS) is 10.7. The van der Waals surface area contributed by atoms with Gasteiger partial charge < -0.3 is 10.1 Å². The van der Waals surface area contributed by atoms with Crippen molar-refractivity contribution >= 4 is 29.3 Å². The number of thioether (sulfide) groups is 1. The van der Waals surface area contributed by atoms with Crippen LogP contribution in [0.4, 0.5) is 0 Å². The lowest BCUT2D eigenvalue weighted by molar-refractivity contribution is -0.118. The first-order valence-electron chi connectivity index (χ1n) is 7.87. The summed E-state index contributed by atoms with van der Waals surface area (Å²) < 4.78 is 5.60. The molecule has 2 aromatic carbocycles. The Labute approximate surface area is 152 Å². The van der Waals surface area contributed by atoms with Crippen LogP contribution in [0.3, 0.4) is 0 Å². The Hall–Kier alpha value is -1.65. The largest absolute Gasteiger partial charge is 0.491 e. The molecule has 1 N–H and O–H groups in total. The lowest BCUT2D eigenvalue weighted by Gasteiger charge is -2.10. The number of hydrogen-bond acceptors (Lipinski definition) is 3. The van der Waals surface area contributed by atoms with E-state index in [1.54, 1.807) is 11.8 Å². The maximum atomic E-state index is 11.9. The highest BCUT2D eigenvalue weighted by atomic mass is 35.5.